The van der Waals surface area contributed by atoms with E-state index in [9.17, 15) is 0 Å². The third kappa shape index (κ3) is 2.87. The number of benzene rings is 3. The Morgan fingerprint density at radius 3 is 2.20 bits per heavy atom. The lowest BCUT2D eigenvalue weighted by atomic mass is 9.91. The van der Waals surface area contributed by atoms with Crippen LogP contribution in [0.25, 0.3) is 33.3 Å². The normalized spacial score (nSPS) is 11.0. The number of hydrogen-bond acceptors (Lipinski definition) is 1. The SMILES string of the molecule is Cc1ccccc1-c1c(C)c(-c2ccc(Br)cc2)nc2ccccc12. The van der Waals surface area contributed by atoms with Gasteiger partial charge in [0.25, 0.3) is 0 Å². The Kier molecular flexibility index (Phi) is 4.14. The number of aryl methyl sites for hydroxylation is 1. The molecule has 1 heterocycles. The summed E-state index contributed by atoms with van der Waals surface area (Å²) in [6.07, 6.45) is 0. The van der Waals surface area contributed by atoms with Gasteiger partial charge in [-0.3, -0.25) is 0 Å². The van der Waals surface area contributed by atoms with Crippen molar-refractivity contribution in [1.82, 2.24) is 4.98 Å². The molecule has 4 rings (SSSR count). The summed E-state index contributed by atoms with van der Waals surface area (Å²) in [4.78, 5) is 4.98. The zero-order valence-electron chi connectivity index (χ0n) is 14.3. The molecule has 0 unspecified atom stereocenters. The van der Waals surface area contributed by atoms with Gasteiger partial charge in [-0.15, -0.1) is 0 Å². The second-order valence-electron chi connectivity index (χ2n) is 6.30. The van der Waals surface area contributed by atoms with Crippen LogP contribution in [0.5, 0.6) is 0 Å². The van der Waals surface area contributed by atoms with Gasteiger partial charge < -0.3 is 0 Å². The van der Waals surface area contributed by atoms with E-state index in [4.69, 9.17) is 4.98 Å². The van der Waals surface area contributed by atoms with E-state index in [1.165, 1.54) is 27.6 Å². The number of halogens is 1. The molecule has 2 heteroatoms. The van der Waals surface area contributed by atoms with Gasteiger partial charge in [0.1, 0.15) is 0 Å². The Hall–Kier alpha value is -2.45. The van der Waals surface area contributed by atoms with Crippen molar-refractivity contribution in [3.8, 4) is 22.4 Å². The van der Waals surface area contributed by atoms with Crippen molar-refractivity contribution < 1.29 is 0 Å². The highest BCUT2D eigenvalue weighted by atomic mass is 79.9. The van der Waals surface area contributed by atoms with Gasteiger partial charge in [-0.05, 0) is 54.3 Å². The van der Waals surface area contributed by atoms with Gasteiger partial charge in [0, 0.05) is 15.4 Å². The van der Waals surface area contributed by atoms with Crippen molar-refractivity contribution in [3.63, 3.8) is 0 Å². The summed E-state index contributed by atoms with van der Waals surface area (Å²) in [5.74, 6) is 0. The molecular formula is C23H18BrN. The molecule has 0 radical (unpaired) electrons. The molecule has 0 N–H and O–H groups in total. The summed E-state index contributed by atoms with van der Waals surface area (Å²) in [6.45, 7) is 4.35. The predicted octanol–water partition coefficient (Wildman–Crippen LogP) is 6.95. The minimum Gasteiger partial charge on any atom is -0.247 e. The second kappa shape index (κ2) is 6.45. The fourth-order valence-electron chi connectivity index (χ4n) is 3.40. The average molecular weight is 388 g/mol. The number of nitrogens with zero attached hydrogens (tertiary/aromatic N) is 1. The molecule has 0 aliphatic carbocycles. The van der Waals surface area contributed by atoms with Crippen LogP contribution < -0.4 is 0 Å². The standard InChI is InChI=1S/C23H18BrN/c1-15-7-3-4-8-19(15)22-16(2)23(17-11-13-18(24)14-12-17)25-21-10-6-5-9-20(21)22/h3-14H,1-2H3. The molecule has 0 bridgehead atoms. The molecule has 0 saturated heterocycles. The van der Waals surface area contributed by atoms with E-state index >= 15 is 0 Å². The monoisotopic (exact) mass is 387 g/mol. The first kappa shape index (κ1) is 16.0. The van der Waals surface area contributed by atoms with Crippen molar-refractivity contribution in [2.75, 3.05) is 0 Å². The van der Waals surface area contributed by atoms with E-state index in [-0.39, 0.29) is 0 Å². The molecule has 0 amide bonds. The summed E-state index contributed by atoms with van der Waals surface area (Å²) in [5, 5.41) is 1.20. The van der Waals surface area contributed by atoms with Gasteiger partial charge >= 0.3 is 0 Å². The van der Waals surface area contributed by atoms with Crippen molar-refractivity contribution in [2.45, 2.75) is 13.8 Å². The van der Waals surface area contributed by atoms with Crippen LogP contribution in [-0.4, -0.2) is 4.98 Å². The molecule has 0 aliphatic heterocycles. The summed E-state index contributed by atoms with van der Waals surface area (Å²) in [6, 6.07) is 25.4. The molecular weight excluding hydrogens is 370 g/mol. The van der Waals surface area contributed by atoms with Crippen LogP contribution in [0.4, 0.5) is 0 Å². The molecule has 1 nitrogen and oxygen atoms in total. The van der Waals surface area contributed by atoms with Gasteiger partial charge in [0.05, 0.1) is 11.2 Å². The Labute approximate surface area is 156 Å². The van der Waals surface area contributed by atoms with Crippen molar-refractivity contribution in [3.05, 3.63) is 88.4 Å². The third-order valence-corrected chi connectivity index (χ3v) is 5.20. The number of fused-ring (bicyclic) bond motifs is 1. The lowest BCUT2D eigenvalue weighted by Gasteiger charge is -2.16. The molecule has 1 aromatic heterocycles. The van der Waals surface area contributed by atoms with E-state index < -0.39 is 0 Å². The average Bonchev–Trinajstić information content (AvgIpc) is 2.63. The molecule has 0 aliphatic rings. The second-order valence-corrected chi connectivity index (χ2v) is 7.22. The van der Waals surface area contributed by atoms with E-state index in [1.54, 1.807) is 0 Å². The summed E-state index contributed by atoms with van der Waals surface area (Å²) in [7, 11) is 0. The Balaban J connectivity index is 2.09. The largest absolute Gasteiger partial charge is 0.247 e. The molecule has 0 saturated carbocycles. The van der Waals surface area contributed by atoms with Gasteiger partial charge in [0.15, 0.2) is 0 Å². The first-order valence-corrected chi connectivity index (χ1v) is 9.16. The predicted molar refractivity (Wildman–Crippen MR) is 110 cm³/mol. The number of rotatable bonds is 2. The van der Waals surface area contributed by atoms with Gasteiger partial charge in [0.2, 0.25) is 0 Å². The van der Waals surface area contributed by atoms with Gasteiger partial charge in [-0.25, -0.2) is 4.98 Å². The molecule has 0 fully saturated rings. The third-order valence-electron chi connectivity index (χ3n) is 4.67. The topological polar surface area (TPSA) is 12.9 Å². The van der Waals surface area contributed by atoms with Crippen LogP contribution in [0.1, 0.15) is 11.1 Å². The zero-order valence-corrected chi connectivity index (χ0v) is 15.8. The maximum absolute atomic E-state index is 4.98. The van der Waals surface area contributed by atoms with Gasteiger partial charge in [-0.1, -0.05) is 70.5 Å². The maximum atomic E-state index is 4.98. The molecule has 3 aromatic carbocycles. The van der Waals surface area contributed by atoms with E-state index in [0.29, 0.717) is 0 Å². The molecule has 0 spiro atoms. The first-order chi connectivity index (χ1) is 12.1. The minimum absolute atomic E-state index is 1.03. The zero-order chi connectivity index (χ0) is 17.4. The number of hydrogen-bond donors (Lipinski definition) is 0. The van der Waals surface area contributed by atoms with E-state index in [2.05, 4.69) is 103 Å². The van der Waals surface area contributed by atoms with Crippen molar-refractivity contribution in [1.29, 1.82) is 0 Å². The molecule has 122 valence electrons. The van der Waals surface area contributed by atoms with Crippen LogP contribution in [0.2, 0.25) is 0 Å². The quantitative estimate of drug-likeness (QED) is 0.362. The van der Waals surface area contributed by atoms with E-state index in [0.717, 1.165) is 21.2 Å². The highest BCUT2D eigenvalue weighted by Gasteiger charge is 2.15. The lowest BCUT2D eigenvalue weighted by molar-refractivity contribution is 1.32. The Morgan fingerprint density at radius 2 is 1.44 bits per heavy atom. The highest BCUT2D eigenvalue weighted by Crippen LogP contribution is 2.37. The summed E-state index contributed by atoms with van der Waals surface area (Å²) < 4.78 is 1.08. The minimum atomic E-state index is 1.03. The van der Waals surface area contributed by atoms with Crippen LogP contribution in [-0.2, 0) is 0 Å². The molecule has 0 atom stereocenters. The summed E-state index contributed by atoms with van der Waals surface area (Å²) in [5.41, 5.74) is 8.27. The maximum Gasteiger partial charge on any atom is 0.0745 e. The number of aromatic nitrogens is 1. The Morgan fingerprint density at radius 1 is 0.760 bits per heavy atom. The molecule has 25 heavy (non-hydrogen) atoms. The first-order valence-electron chi connectivity index (χ1n) is 8.36. The van der Waals surface area contributed by atoms with Crippen LogP contribution in [0, 0.1) is 13.8 Å². The highest BCUT2D eigenvalue weighted by molar-refractivity contribution is 9.10. The fourth-order valence-corrected chi connectivity index (χ4v) is 3.66. The van der Waals surface area contributed by atoms with Crippen molar-refractivity contribution >= 4 is 26.8 Å². The summed E-state index contributed by atoms with van der Waals surface area (Å²) >= 11 is 3.52. The van der Waals surface area contributed by atoms with Crippen molar-refractivity contribution in [2.24, 2.45) is 0 Å². The van der Waals surface area contributed by atoms with Crippen LogP contribution in [0.15, 0.2) is 77.3 Å². The molecule has 4 aromatic rings. The number of pyridine rings is 1. The lowest BCUT2D eigenvalue weighted by Crippen LogP contribution is -1.96. The van der Waals surface area contributed by atoms with Crippen LogP contribution >= 0.6 is 15.9 Å². The van der Waals surface area contributed by atoms with E-state index in [1.807, 2.05) is 0 Å². The van der Waals surface area contributed by atoms with Gasteiger partial charge in [-0.2, -0.15) is 0 Å². The Bertz CT molecular complexity index is 1070. The fraction of sp³-hybridized carbons (Fsp3) is 0.0870. The van der Waals surface area contributed by atoms with Crippen LogP contribution in [0.3, 0.4) is 0 Å². The smallest absolute Gasteiger partial charge is 0.0745 e. The number of para-hydroxylation sites is 1.